The van der Waals surface area contributed by atoms with E-state index >= 15 is 0 Å². The van der Waals surface area contributed by atoms with Crippen LogP contribution in [0.1, 0.15) is 53.5 Å². The van der Waals surface area contributed by atoms with Crippen molar-refractivity contribution in [1.29, 1.82) is 0 Å². The maximum absolute atomic E-state index is 12.8. The van der Waals surface area contributed by atoms with Crippen LogP contribution in [0.2, 0.25) is 0 Å². The zero-order chi connectivity index (χ0) is 19.4. The average Bonchev–Trinajstić information content (AvgIpc) is 2.95. The van der Waals surface area contributed by atoms with Gasteiger partial charge in [0.1, 0.15) is 0 Å². The maximum atomic E-state index is 12.8. The van der Waals surface area contributed by atoms with Crippen molar-refractivity contribution in [3.05, 3.63) is 82.9 Å². The van der Waals surface area contributed by atoms with E-state index in [1.54, 1.807) is 12.4 Å². The molecule has 2 atom stereocenters. The summed E-state index contributed by atoms with van der Waals surface area (Å²) in [4.78, 5) is 17.0. The molecule has 3 rings (SSSR count). The Balaban J connectivity index is 1.78. The molecule has 0 radical (unpaired) electrons. The van der Waals surface area contributed by atoms with Crippen LogP contribution in [-0.2, 0) is 4.79 Å². The van der Waals surface area contributed by atoms with Crippen LogP contribution in [0.5, 0.6) is 0 Å². The van der Waals surface area contributed by atoms with Gasteiger partial charge < -0.3 is 5.32 Å². The predicted molar refractivity (Wildman–Crippen MR) is 106 cm³/mol. The van der Waals surface area contributed by atoms with Gasteiger partial charge in [-0.25, -0.2) is 0 Å². The monoisotopic (exact) mass is 362 g/mol. The van der Waals surface area contributed by atoms with Crippen LogP contribution in [0.25, 0.3) is 0 Å². The third-order valence-corrected chi connectivity index (χ3v) is 5.04. The molecule has 1 N–H and O–H groups in total. The van der Waals surface area contributed by atoms with Gasteiger partial charge >= 0.3 is 0 Å². The molecular weight excluding hydrogens is 336 g/mol. The molecule has 0 fully saturated rings. The van der Waals surface area contributed by atoms with Gasteiger partial charge in [-0.15, -0.1) is 0 Å². The molecule has 5 heteroatoms. The molecule has 27 heavy (non-hydrogen) atoms. The van der Waals surface area contributed by atoms with E-state index in [-0.39, 0.29) is 18.0 Å². The molecule has 5 nitrogen and oxygen atoms in total. The van der Waals surface area contributed by atoms with Crippen LogP contribution in [-0.4, -0.2) is 20.7 Å². The maximum Gasteiger partial charge on any atom is 0.222 e. The predicted octanol–water partition coefficient (Wildman–Crippen LogP) is 4.06. The Bertz CT molecular complexity index is 863. The van der Waals surface area contributed by atoms with E-state index in [0.717, 1.165) is 22.5 Å². The van der Waals surface area contributed by atoms with Gasteiger partial charge in [0.05, 0.1) is 17.8 Å². The molecule has 2 unspecified atom stereocenters. The van der Waals surface area contributed by atoms with Gasteiger partial charge in [0.25, 0.3) is 0 Å². The van der Waals surface area contributed by atoms with Crippen molar-refractivity contribution in [3.8, 4) is 0 Å². The van der Waals surface area contributed by atoms with E-state index in [4.69, 9.17) is 0 Å². The highest BCUT2D eigenvalue weighted by Crippen LogP contribution is 2.23. The molecule has 1 aromatic carbocycles. The number of rotatable bonds is 6. The molecule has 0 bridgehead atoms. The molecule has 0 spiro atoms. The summed E-state index contributed by atoms with van der Waals surface area (Å²) in [5, 5.41) is 7.76. The highest BCUT2D eigenvalue weighted by atomic mass is 16.1. The second kappa shape index (κ2) is 8.16. The van der Waals surface area contributed by atoms with Crippen molar-refractivity contribution in [2.75, 3.05) is 0 Å². The number of benzene rings is 1. The van der Waals surface area contributed by atoms with Gasteiger partial charge in [0.15, 0.2) is 0 Å². The topological polar surface area (TPSA) is 59.8 Å². The molecular formula is C22H26N4O. The second-order valence-corrected chi connectivity index (χ2v) is 6.99. The molecule has 2 heterocycles. The van der Waals surface area contributed by atoms with Crippen molar-refractivity contribution < 1.29 is 4.79 Å². The van der Waals surface area contributed by atoms with Crippen LogP contribution < -0.4 is 5.32 Å². The lowest BCUT2D eigenvalue weighted by Gasteiger charge is -2.21. The van der Waals surface area contributed by atoms with Crippen LogP contribution in [0.15, 0.2) is 54.9 Å². The fourth-order valence-corrected chi connectivity index (χ4v) is 3.30. The number of carbonyl (C=O) groups excluding carboxylic acids is 1. The first kappa shape index (κ1) is 18.8. The minimum atomic E-state index is -0.221. The number of hydrogen-bond donors (Lipinski definition) is 1. The van der Waals surface area contributed by atoms with E-state index < -0.39 is 0 Å². The van der Waals surface area contributed by atoms with Gasteiger partial charge in [-0.3, -0.25) is 14.5 Å². The minimum Gasteiger partial charge on any atom is -0.345 e. The highest BCUT2D eigenvalue weighted by molar-refractivity contribution is 5.77. The normalized spacial score (nSPS) is 13.2. The molecule has 1 amide bonds. The Labute approximate surface area is 160 Å². The molecule has 0 saturated carbocycles. The molecule has 0 aliphatic carbocycles. The van der Waals surface area contributed by atoms with E-state index in [2.05, 4.69) is 22.3 Å². The standard InChI is InChI=1S/C22H26N4O/c1-15(26-18(4)16(2)17(3)25-26)13-21(27)24-22(19-9-6-5-7-10-19)20-11-8-12-23-14-20/h5-12,14-15,22H,13H2,1-4H3,(H,24,27). The number of aryl methyl sites for hydroxylation is 1. The summed E-state index contributed by atoms with van der Waals surface area (Å²) in [5.41, 5.74) is 5.30. The van der Waals surface area contributed by atoms with Crippen LogP contribution in [0.4, 0.5) is 0 Å². The zero-order valence-corrected chi connectivity index (χ0v) is 16.3. The number of amides is 1. The molecule has 0 aliphatic rings. The van der Waals surface area contributed by atoms with E-state index in [0.29, 0.717) is 6.42 Å². The van der Waals surface area contributed by atoms with Crippen molar-refractivity contribution in [3.63, 3.8) is 0 Å². The lowest BCUT2D eigenvalue weighted by atomic mass is 10.00. The van der Waals surface area contributed by atoms with Gasteiger partial charge in [-0.1, -0.05) is 36.4 Å². The van der Waals surface area contributed by atoms with Crippen LogP contribution >= 0.6 is 0 Å². The van der Waals surface area contributed by atoms with Gasteiger partial charge in [0.2, 0.25) is 5.91 Å². The van der Waals surface area contributed by atoms with Crippen molar-refractivity contribution >= 4 is 5.91 Å². The quantitative estimate of drug-likeness (QED) is 0.719. The summed E-state index contributed by atoms with van der Waals surface area (Å²) in [6, 6.07) is 13.6. The minimum absolute atomic E-state index is 0.00888. The summed E-state index contributed by atoms with van der Waals surface area (Å²) >= 11 is 0. The van der Waals surface area contributed by atoms with Crippen molar-refractivity contribution in [2.45, 2.75) is 46.2 Å². The Morgan fingerprint density at radius 1 is 1.07 bits per heavy atom. The van der Waals surface area contributed by atoms with Crippen LogP contribution in [0.3, 0.4) is 0 Å². The number of aromatic nitrogens is 3. The zero-order valence-electron chi connectivity index (χ0n) is 16.3. The fraction of sp³-hybridized carbons (Fsp3) is 0.318. The third-order valence-electron chi connectivity index (χ3n) is 5.04. The summed E-state index contributed by atoms with van der Waals surface area (Å²) in [6.07, 6.45) is 3.90. The smallest absolute Gasteiger partial charge is 0.222 e. The SMILES string of the molecule is Cc1nn(C(C)CC(=O)NC(c2ccccc2)c2cccnc2)c(C)c1C. The number of hydrogen-bond acceptors (Lipinski definition) is 3. The Morgan fingerprint density at radius 2 is 1.78 bits per heavy atom. The number of nitrogens with one attached hydrogen (secondary N) is 1. The Hall–Kier alpha value is -2.95. The van der Waals surface area contributed by atoms with E-state index in [9.17, 15) is 4.79 Å². The first-order valence-corrected chi connectivity index (χ1v) is 9.24. The number of carbonyl (C=O) groups is 1. The van der Waals surface area contributed by atoms with Crippen LogP contribution in [0, 0.1) is 20.8 Å². The molecule has 140 valence electrons. The Kier molecular flexibility index (Phi) is 5.69. The molecule has 0 aliphatic heterocycles. The fourth-order valence-electron chi connectivity index (χ4n) is 3.30. The van der Waals surface area contributed by atoms with Gasteiger partial charge in [-0.2, -0.15) is 5.10 Å². The van der Waals surface area contributed by atoms with E-state index in [1.807, 2.05) is 67.9 Å². The van der Waals surface area contributed by atoms with E-state index in [1.165, 1.54) is 5.56 Å². The van der Waals surface area contributed by atoms with Gasteiger partial charge in [-0.05, 0) is 50.5 Å². The van der Waals surface area contributed by atoms with Gasteiger partial charge in [0, 0.05) is 24.5 Å². The Morgan fingerprint density at radius 3 is 2.37 bits per heavy atom. The lowest BCUT2D eigenvalue weighted by molar-refractivity contribution is -0.122. The number of pyridine rings is 1. The summed E-state index contributed by atoms with van der Waals surface area (Å²) in [7, 11) is 0. The first-order chi connectivity index (χ1) is 13.0. The first-order valence-electron chi connectivity index (χ1n) is 9.24. The molecule has 0 saturated heterocycles. The molecule has 3 aromatic rings. The summed E-state index contributed by atoms with van der Waals surface area (Å²) in [6.45, 7) is 8.14. The van der Waals surface area contributed by atoms with Crippen molar-refractivity contribution in [2.24, 2.45) is 0 Å². The lowest BCUT2D eigenvalue weighted by Crippen LogP contribution is -2.31. The second-order valence-electron chi connectivity index (χ2n) is 6.99. The third kappa shape index (κ3) is 4.25. The van der Waals surface area contributed by atoms with Crippen molar-refractivity contribution in [1.82, 2.24) is 20.1 Å². The molecule has 2 aromatic heterocycles. The average molecular weight is 362 g/mol. The highest BCUT2D eigenvalue weighted by Gasteiger charge is 2.20. The largest absolute Gasteiger partial charge is 0.345 e. The number of nitrogens with zero attached hydrogens (tertiary/aromatic N) is 3. The summed E-state index contributed by atoms with van der Waals surface area (Å²) in [5.74, 6) is -0.00888. The summed E-state index contributed by atoms with van der Waals surface area (Å²) < 4.78 is 1.95.